The van der Waals surface area contributed by atoms with E-state index in [1.165, 1.54) is 12.7 Å². The Morgan fingerprint density at radius 2 is 1.68 bits per heavy atom. The highest BCUT2D eigenvalue weighted by Crippen LogP contribution is 2.18. The first-order valence-electron chi connectivity index (χ1n) is 8.34. The van der Waals surface area contributed by atoms with Gasteiger partial charge in [-0.15, -0.1) is 11.3 Å². The summed E-state index contributed by atoms with van der Waals surface area (Å²) in [6, 6.07) is 11.4. The van der Waals surface area contributed by atoms with Crippen LogP contribution in [-0.2, 0) is 17.8 Å². The summed E-state index contributed by atoms with van der Waals surface area (Å²) >= 11 is 1.14. The molecule has 0 saturated heterocycles. The molecule has 1 aromatic carbocycles. The third kappa shape index (κ3) is 5.14. The SMILES string of the molecule is CCN(CC)Cc1ccccc1CNC(=O)c1ccc(C(=O)OC)s1. The zero-order valence-electron chi connectivity index (χ0n) is 14.9. The Morgan fingerprint density at radius 3 is 2.32 bits per heavy atom. The quantitative estimate of drug-likeness (QED) is 0.734. The second-order valence-corrected chi connectivity index (χ2v) is 6.65. The molecule has 0 aliphatic carbocycles. The van der Waals surface area contributed by atoms with Crippen molar-refractivity contribution in [3.63, 3.8) is 0 Å². The maximum atomic E-state index is 12.3. The highest BCUT2D eigenvalue weighted by Gasteiger charge is 2.14. The summed E-state index contributed by atoms with van der Waals surface area (Å²) in [6.07, 6.45) is 0. The Balaban J connectivity index is 2.02. The number of benzene rings is 1. The molecule has 0 radical (unpaired) electrons. The van der Waals surface area contributed by atoms with Crippen molar-refractivity contribution in [3.05, 3.63) is 57.3 Å². The summed E-state index contributed by atoms with van der Waals surface area (Å²) in [6.45, 7) is 7.59. The standard InChI is InChI=1S/C19H24N2O3S/c1-4-21(5-2)13-15-9-7-6-8-14(15)12-20-18(22)16-10-11-17(25-16)19(23)24-3/h6-11H,4-5,12-13H2,1-3H3,(H,20,22). The van der Waals surface area contributed by atoms with E-state index in [4.69, 9.17) is 0 Å². The van der Waals surface area contributed by atoms with Crippen LogP contribution in [0.3, 0.4) is 0 Å². The van der Waals surface area contributed by atoms with E-state index in [1.807, 2.05) is 18.2 Å². The summed E-state index contributed by atoms with van der Waals surface area (Å²) < 4.78 is 4.67. The number of carbonyl (C=O) groups excluding carboxylic acids is 2. The van der Waals surface area contributed by atoms with Crippen molar-refractivity contribution in [2.24, 2.45) is 0 Å². The molecule has 0 bridgehead atoms. The fraction of sp³-hybridized carbons (Fsp3) is 0.368. The lowest BCUT2D eigenvalue weighted by Crippen LogP contribution is -2.25. The summed E-state index contributed by atoms with van der Waals surface area (Å²) in [7, 11) is 1.33. The molecule has 1 N–H and O–H groups in total. The zero-order valence-corrected chi connectivity index (χ0v) is 15.7. The van der Waals surface area contributed by atoms with Crippen molar-refractivity contribution in [3.8, 4) is 0 Å². The molecule has 1 aromatic heterocycles. The monoisotopic (exact) mass is 360 g/mol. The smallest absolute Gasteiger partial charge is 0.348 e. The van der Waals surface area contributed by atoms with Crippen LogP contribution in [0.5, 0.6) is 0 Å². The fourth-order valence-electron chi connectivity index (χ4n) is 2.51. The molecule has 25 heavy (non-hydrogen) atoms. The molecule has 5 nitrogen and oxygen atoms in total. The molecule has 1 amide bonds. The van der Waals surface area contributed by atoms with Crippen molar-refractivity contribution in [2.75, 3.05) is 20.2 Å². The molecule has 0 aliphatic heterocycles. The lowest BCUT2D eigenvalue weighted by molar-refractivity contribution is 0.0606. The van der Waals surface area contributed by atoms with Gasteiger partial charge in [-0.2, -0.15) is 0 Å². The van der Waals surface area contributed by atoms with Crippen LogP contribution < -0.4 is 5.32 Å². The number of methoxy groups -OCH3 is 1. The van der Waals surface area contributed by atoms with Gasteiger partial charge in [0.25, 0.3) is 5.91 Å². The molecule has 1 heterocycles. The first kappa shape index (κ1) is 19.1. The first-order valence-corrected chi connectivity index (χ1v) is 9.16. The largest absolute Gasteiger partial charge is 0.465 e. The van der Waals surface area contributed by atoms with Crippen LogP contribution in [-0.4, -0.2) is 37.0 Å². The lowest BCUT2D eigenvalue weighted by atomic mass is 10.1. The van der Waals surface area contributed by atoms with E-state index >= 15 is 0 Å². The average Bonchev–Trinajstić information content (AvgIpc) is 3.14. The van der Waals surface area contributed by atoms with Crippen LogP contribution in [0.2, 0.25) is 0 Å². The highest BCUT2D eigenvalue weighted by molar-refractivity contribution is 7.15. The number of thiophene rings is 1. The van der Waals surface area contributed by atoms with Crippen LogP contribution in [0.4, 0.5) is 0 Å². The number of amides is 1. The Kier molecular flexibility index (Phi) is 7.16. The van der Waals surface area contributed by atoms with Crippen molar-refractivity contribution >= 4 is 23.2 Å². The van der Waals surface area contributed by atoms with E-state index in [2.05, 4.69) is 34.9 Å². The van der Waals surface area contributed by atoms with Crippen LogP contribution in [0.25, 0.3) is 0 Å². The third-order valence-electron chi connectivity index (χ3n) is 4.06. The van der Waals surface area contributed by atoms with Gasteiger partial charge in [-0.05, 0) is 36.3 Å². The van der Waals surface area contributed by atoms with Crippen molar-refractivity contribution in [1.82, 2.24) is 10.2 Å². The van der Waals surface area contributed by atoms with E-state index < -0.39 is 5.97 Å². The van der Waals surface area contributed by atoms with Crippen molar-refractivity contribution in [1.29, 1.82) is 0 Å². The van der Waals surface area contributed by atoms with Gasteiger partial charge in [-0.3, -0.25) is 9.69 Å². The predicted octanol–water partition coefficient (Wildman–Crippen LogP) is 3.31. The number of esters is 1. The number of carbonyl (C=O) groups is 2. The molecule has 0 fully saturated rings. The van der Waals surface area contributed by atoms with E-state index in [9.17, 15) is 9.59 Å². The number of ether oxygens (including phenoxy) is 1. The van der Waals surface area contributed by atoms with Crippen LogP contribution >= 0.6 is 11.3 Å². The van der Waals surface area contributed by atoms with E-state index in [0.29, 0.717) is 16.3 Å². The summed E-state index contributed by atoms with van der Waals surface area (Å²) in [4.78, 5) is 27.1. The third-order valence-corrected chi connectivity index (χ3v) is 5.13. The van der Waals surface area contributed by atoms with Gasteiger partial charge in [-0.1, -0.05) is 38.1 Å². The van der Waals surface area contributed by atoms with Gasteiger partial charge < -0.3 is 10.1 Å². The van der Waals surface area contributed by atoms with Gasteiger partial charge in [0.2, 0.25) is 0 Å². The molecule has 2 aromatic rings. The number of nitrogens with zero attached hydrogens (tertiary/aromatic N) is 1. The number of rotatable bonds is 8. The predicted molar refractivity (Wildman–Crippen MR) is 99.9 cm³/mol. The van der Waals surface area contributed by atoms with Gasteiger partial charge in [0, 0.05) is 13.1 Å². The molecule has 0 spiro atoms. The minimum Gasteiger partial charge on any atom is -0.465 e. The molecular weight excluding hydrogens is 336 g/mol. The van der Waals surface area contributed by atoms with Crippen molar-refractivity contribution in [2.45, 2.75) is 26.9 Å². The van der Waals surface area contributed by atoms with Gasteiger partial charge in [0.05, 0.1) is 12.0 Å². The van der Waals surface area contributed by atoms with Crippen LogP contribution in [0.15, 0.2) is 36.4 Å². The summed E-state index contributed by atoms with van der Waals surface area (Å²) in [5.74, 6) is -0.605. The lowest BCUT2D eigenvalue weighted by Gasteiger charge is -2.20. The normalized spacial score (nSPS) is 10.7. The number of hydrogen-bond donors (Lipinski definition) is 1. The second-order valence-electron chi connectivity index (χ2n) is 5.57. The Labute approximate surface area is 152 Å². The average molecular weight is 360 g/mol. The maximum absolute atomic E-state index is 12.3. The fourth-order valence-corrected chi connectivity index (χ4v) is 3.35. The number of nitrogens with one attached hydrogen (secondary N) is 1. The molecule has 6 heteroatoms. The molecule has 0 atom stereocenters. The summed E-state index contributed by atoms with van der Waals surface area (Å²) in [5.41, 5.74) is 2.32. The van der Waals surface area contributed by atoms with Gasteiger partial charge >= 0.3 is 5.97 Å². The highest BCUT2D eigenvalue weighted by atomic mass is 32.1. The minimum atomic E-state index is -0.423. The minimum absolute atomic E-state index is 0.183. The van der Waals surface area contributed by atoms with Crippen LogP contribution in [0, 0.1) is 0 Å². The second kappa shape index (κ2) is 9.34. The molecule has 0 saturated carbocycles. The van der Waals surface area contributed by atoms with E-state index in [-0.39, 0.29) is 5.91 Å². The van der Waals surface area contributed by atoms with E-state index in [0.717, 1.165) is 36.5 Å². The Morgan fingerprint density at radius 1 is 1.04 bits per heavy atom. The maximum Gasteiger partial charge on any atom is 0.348 e. The van der Waals surface area contributed by atoms with Crippen LogP contribution in [0.1, 0.15) is 44.3 Å². The molecular formula is C19H24N2O3S. The van der Waals surface area contributed by atoms with Gasteiger partial charge in [0.15, 0.2) is 0 Å². The molecule has 134 valence electrons. The zero-order chi connectivity index (χ0) is 18.2. The Hall–Kier alpha value is -2.18. The molecule has 0 unspecified atom stereocenters. The number of hydrogen-bond acceptors (Lipinski definition) is 5. The Bertz CT molecular complexity index is 723. The topological polar surface area (TPSA) is 58.6 Å². The first-order chi connectivity index (χ1) is 12.1. The molecule has 0 aliphatic rings. The molecule has 2 rings (SSSR count). The van der Waals surface area contributed by atoms with Gasteiger partial charge in [0.1, 0.15) is 4.88 Å². The van der Waals surface area contributed by atoms with E-state index in [1.54, 1.807) is 12.1 Å². The summed E-state index contributed by atoms with van der Waals surface area (Å²) in [5, 5.41) is 2.94. The van der Waals surface area contributed by atoms with Gasteiger partial charge in [-0.25, -0.2) is 4.79 Å². The van der Waals surface area contributed by atoms with Crippen molar-refractivity contribution < 1.29 is 14.3 Å².